The van der Waals surface area contributed by atoms with E-state index in [1.54, 1.807) is 30.0 Å². The van der Waals surface area contributed by atoms with E-state index >= 15 is 0 Å². The molecule has 4 rings (SSSR count). The SMILES string of the molecule is Cc1cccc(C)c1Sc1cc([C@H]2CC(=N)N(c3cccc(C(N)=O)c3)C2)ccc1C#N. The van der Waals surface area contributed by atoms with E-state index in [1.165, 1.54) is 16.0 Å². The molecule has 1 aliphatic rings. The van der Waals surface area contributed by atoms with Crippen molar-refractivity contribution in [1.82, 2.24) is 0 Å². The summed E-state index contributed by atoms with van der Waals surface area (Å²) in [7, 11) is 0. The summed E-state index contributed by atoms with van der Waals surface area (Å²) in [5.74, 6) is 0.157. The number of carbonyl (C=O) groups is 1. The predicted octanol–water partition coefficient (Wildman–Crippen LogP) is 5.40. The molecule has 5 nitrogen and oxygen atoms in total. The number of anilines is 1. The molecule has 1 aliphatic heterocycles. The largest absolute Gasteiger partial charge is 0.366 e. The highest BCUT2D eigenvalue weighted by Crippen LogP contribution is 2.38. The maximum Gasteiger partial charge on any atom is 0.248 e. The second kappa shape index (κ2) is 8.89. The molecule has 3 N–H and O–H groups in total. The van der Waals surface area contributed by atoms with Gasteiger partial charge in [-0.3, -0.25) is 10.2 Å². The number of aryl methyl sites for hydroxylation is 2. The summed E-state index contributed by atoms with van der Waals surface area (Å²) in [6.45, 7) is 4.81. The van der Waals surface area contributed by atoms with Crippen molar-refractivity contribution in [3.63, 3.8) is 0 Å². The minimum absolute atomic E-state index is 0.129. The van der Waals surface area contributed by atoms with E-state index in [-0.39, 0.29) is 5.92 Å². The van der Waals surface area contributed by atoms with Crippen LogP contribution in [-0.4, -0.2) is 18.3 Å². The molecule has 6 heteroatoms. The first kappa shape index (κ1) is 21.7. The minimum atomic E-state index is -0.477. The number of amides is 1. The Morgan fingerprint density at radius 3 is 2.53 bits per heavy atom. The molecule has 0 radical (unpaired) electrons. The van der Waals surface area contributed by atoms with Crippen molar-refractivity contribution < 1.29 is 4.79 Å². The number of rotatable bonds is 5. The van der Waals surface area contributed by atoms with Crippen LogP contribution in [0.2, 0.25) is 0 Å². The Morgan fingerprint density at radius 1 is 1.12 bits per heavy atom. The fraction of sp³-hybridized carbons (Fsp3) is 0.192. The van der Waals surface area contributed by atoms with Gasteiger partial charge >= 0.3 is 0 Å². The van der Waals surface area contributed by atoms with Gasteiger partial charge in [-0.15, -0.1) is 0 Å². The van der Waals surface area contributed by atoms with Gasteiger partial charge in [-0.05, 0) is 60.9 Å². The van der Waals surface area contributed by atoms with Crippen molar-refractivity contribution >= 4 is 29.2 Å². The molecule has 1 amide bonds. The minimum Gasteiger partial charge on any atom is -0.366 e. The maximum absolute atomic E-state index is 11.6. The molecule has 0 bridgehead atoms. The van der Waals surface area contributed by atoms with Gasteiger partial charge in [-0.1, -0.05) is 42.1 Å². The van der Waals surface area contributed by atoms with Gasteiger partial charge in [0.15, 0.2) is 0 Å². The van der Waals surface area contributed by atoms with E-state index < -0.39 is 5.91 Å². The van der Waals surface area contributed by atoms with Crippen LogP contribution in [0, 0.1) is 30.6 Å². The third-order valence-electron chi connectivity index (χ3n) is 5.83. The average molecular weight is 441 g/mol. The number of amidine groups is 1. The smallest absolute Gasteiger partial charge is 0.248 e. The molecule has 0 spiro atoms. The number of carbonyl (C=O) groups excluding carboxylic acids is 1. The Balaban J connectivity index is 1.63. The van der Waals surface area contributed by atoms with Crippen molar-refractivity contribution in [2.75, 3.05) is 11.4 Å². The summed E-state index contributed by atoms with van der Waals surface area (Å²) in [6, 6.07) is 21.6. The number of nitrogens with one attached hydrogen (secondary N) is 1. The van der Waals surface area contributed by atoms with Gasteiger partial charge < -0.3 is 10.6 Å². The van der Waals surface area contributed by atoms with Crippen LogP contribution in [0.15, 0.2) is 70.5 Å². The standard InChI is InChI=1S/C26H24N4OS/c1-16-5-3-6-17(2)25(16)32-23-12-18(9-10-20(23)14-27)21-13-24(28)30(15-21)22-8-4-7-19(11-22)26(29)31/h3-12,21,28H,13,15H2,1-2H3,(H2,29,31)/t21-/m0/s1. The van der Waals surface area contributed by atoms with Crippen molar-refractivity contribution in [2.24, 2.45) is 5.73 Å². The summed E-state index contributed by atoms with van der Waals surface area (Å²) >= 11 is 1.63. The van der Waals surface area contributed by atoms with Crippen LogP contribution in [0.5, 0.6) is 0 Å². The maximum atomic E-state index is 11.6. The molecule has 1 saturated heterocycles. The van der Waals surface area contributed by atoms with Gasteiger partial charge in [0.25, 0.3) is 0 Å². The Bertz CT molecular complexity index is 1240. The van der Waals surface area contributed by atoms with Crippen LogP contribution >= 0.6 is 11.8 Å². The number of nitriles is 1. The number of primary amides is 1. The lowest BCUT2D eigenvalue weighted by Crippen LogP contribution is -2.24. The lowest BCUT2D eigenvalue weighted by molar-refractivity contribution is 0.100. The number of nitrogens with zero attached hydrogens (tertiary/aromatic N) is 2. The first-order valence-electron chi connectivity index (χ1n) is 10.4. The molecule has 0 unspecified atom stereocenters. The Hall–Kier alpha value is -3.56. The van der Waals surface area contributed by atoms with Crippen LogP contribution in [-0.2, 0) is 0 Å². The molecule has 0 aromatic heterocycles. The monoisotopic (exact) mass is 440 g/mol. The Labute approximate surface area is 192 Å². The van der Waals surface area contributed by atoms with Gasteiger partial charge in [0.2, 0.25) is 5.91 Å². The number of hydrogen-bond donors (Lipinski definition) is 2. The van der Waals surface area contributed by atoms with E-state index in [0.29, 0.717) is 29.9 Å². The third-order valence-corrected chi connectivity index (χ3v) is 7.23. The highest BCUT2D eigenvalue weighted by molar-refractivity contribution is 7.99. The van der Waals surface area contributed by atoms with Crippen LogP contribution < -0.4 is 10.6 Å². The molecule has 1 heterocycles. The first-order chi connectivity index (χ1) is 15.4. The number of hydrogen-bond acceptors (Lipinski definition) is 4. The van der Waals surface area contributed by atoms with E-state index in [1.807, 2.05) is 29.2 Å². The lowest BCUT2D eigenvalue weighted by Gasteiger charge is -2.19. The van der Waals surface area contributed by atoms with Gasteiger partial charge in [-0.2, -0.15) is 5.26 Å². The number of benzene rings is 3. The van der Waals surface area contributed by atoms with Crippen LogP contribution in [0.1, 0.15) is 45.0 Å². The fourth-order valence-electron chi connectivity index (χ4n) is 4.09. The molecule has 3 aromatic rings. The van der Waals surface area contributed by atoms with Crippen molar-refractivity contribution in [3.8, 4) is 6.07 Å². The van der Waals surface area contributed by atoms with Crippen molar-refractivity contribution in [2.45, 2.75) is 36.0 Å². The van der Waals surface area contributed by atoms with Crippen molar-refractivity contribution in [3.05, 3.63) is 88.5 Å². The lowest BCUT2D eigenvalue weighted by atomic mass is 9.97. The highest BCUT2D eigenvalue weighted by Gasteiger charge is 2.30. The van der Waals surface area contributed by atoms with Crippen LogP contribution in [0.3, 0.4) is 0 Å². The summed E-state index contributed by atoms with van der Waals surface area (Å²) in [6.07, 6.45) is 0.597. The molecule has 0 saturated carbocycles. The molecule has 160 valence electrons. The molecule has 32 heavy (non-hydrogen) atoms. The Kier molecular flexibility index (Phi) is 6.02. The van der Waals surface area contributed by atoms with Crippen LogP contribution in [0.25, 0.3) is 0 Å². The predicted molar refractivity (Wildman–Crippen MR) is 129 cm³/mol. The zero-order chi connectivity index (χ0) is 22.8. The Morgan fingerprint density at radius 2 is 1.84 bits per heavy atom. The molecule has 1 fully saturated rings. The first-order valence-corrected chi connectivity index (χ1v) is 11.2. The quantitative estimate of drug-likeness (QED) is 0.556. The molecular formula is C26H24N4OS. The highest BCUT2D eigenvalue weighted by atomic mass is 32.2. The summed E-state index contributed by atoms with van der Waals surface area (Å²) in [5.41, 5.74) is 10.8. The zero-order valence-electron chi connectivity index (χ0n) is 18.1. The summed E-state index contributed by atoms with van der Waals surface area (Å²) in [5, 5.41) is 18.2. The second-order valence-electron chi connectivity index (χ2n) is 8.06. The summed E-state index contributed by atoms with van der Waals surface area (Å²) in [4.78, 5) is 15.6. The number of nitrogens with two attached hydrogens (primary N) is 1. The fourth-order valence-corrected chi connectivity index (χ4v) is 5.19. The van der Waals surface area contributed by atoms with Gasteiger partial charge in [-0.25, -0.2) is 0 Å². The second-order valence-corrected chi connectivity index (χ2v) is 9.12. The topological polar surface area (TPSA) is 94.0 Å². The molecule has 0 aliphatic carbocycles. The van der Waals surface area contributed by atoms with Gasteiger partial charge in [0, 0.05) is 39.9 Å². The van der Waals surface area contributed by atoms with E-state index in [4.69, 9.17) is 11.1 Å². The van der Waals surface area contributed by atoms with E-state index in [9.17, 15) is 10.1 Å². The van der Waals surface area contributed by atoms with Gasteiger partial charge in [0.1, 0.15) is 11.9 Å². The summed E-state index contributed by atoms with van der Waals surface area (Å²) < 4.78 is 0. The van der Waals surface area contributed by atoms with E-state index in [2.05, 4.69) is 38.1 Å². The third kappa shape index (κ3) is 4.25. The molecule has 3 aromatic carbocycles. The normalized spacial score (nSPS) is 15.6. The van der Waals surface area contributed by atoms with E-state index in [0.717, 1.165) is 16.1 Å². The van der Waals surface area contributed by atoms with Gasteiger partial charge in [0.05, 0.1) is 5.56 Å². The molecule has 1 atom stereocenters. The van der Waals surface area contributed by atoms with Crippen LogP contribution in [0.4, 0.5) is 5.69 Å². The zero-order valence-corrected chi connectivity index (χ0v) is 18.9. The average Bonchev–Trinajstić information content (AvgIpc) is 3.18. The van der Waals surface area contributed by atoms with Crippen molar-refractivity contribution in [1.29, 1.82) is 10.7 Å². The molecular weight excluding hydrogens is 416 g/mol.